The van der Waals surface area contributed by atoms with Crippen LogP contribution >= 0.6 is 0 Å². The second-order valence-electron chi connectivity index (χ2n) is 6.86. The van der Waals surface area contributed by atoms with Gasteiger partial charge < -0.3 is 15.4 Å². The number of carbonyl (C=O) groups is 2. The number of benzene rings is 2. The summed E-state index contributed by atoms with van der Waals surface area (Å²) in [5, 5.41) is 5.61. The molecule has 0 aliphatic rings. The molecule has 0 saturated heterocycles. The van der Waals surface area contributed by atoms with Crippen molar-refractivity contribution >= 4 is 17.7 Å². The van der Waals surface area contributed by atoms with E-state index in [0.717, 1.165) is 28.8 Å². The van der Waals surface area contributed by atoms with Crippen molar-refractivity contribution in [2.75, 3.05) is 5.32 Å². The third-order valence-corrected chi connectivity index (χ3v) is 4.76. The van der Waals surface area contributed by atoms with Gasteiger partial charge in [-0.3, -0.25) is 4.79 Å². The van der Waals surface area contributed by atoms with E-state index in [0.29, 0.717) is 0 Å². The predicted molar refractivity (Wildman–Crippen MR) is 108 cm³/mol. The van der Waals surface area contributed by atoms with E-state index in [-0.39, 0.29) is 18.4 Å². The summed E-state index contributed by atoms with van der Waals surface area (Å²) in [5.74, 6) is -0.273. The summed E-state index contributed by atoms with van der Waals surface area (Å²) in [4.78, 5) is 24.9. The van der Waals surface area contributed by atoms with E-state index in [9.17, 15) is 9.59 Å². The Bertz CT molecular complexity index is 774. The SMILES string of the molecule is CC[C@H](C)[C@@H](NC(=O)OCc1ccccc1)C(=O)Nc1ccc(C)c(C)c1. The summed E-state index contributed by atoms with van der Waals surface area (Å²) in [6.07, 6.45) is 0.156. The number of anilines is 1. The summed E-state index contributed by atoms with van der Waals surface area (Å²) >= 11 is 0. The number of ether oxygens (including phenoxy) is 1. The first-order valence-electron chi connectivity index (χ1n) is 9.26. The van der Waals surface area contributed by atoms with E-state index in [1.165, 1.54) is 0 Å². The number of rotatable bonds is 7. The second kappa shape index (κ2) is 9.76. The van der Waals surface area contributed by atoms with Gasteiger partial charge in [0.15, 0.2) is 0 Å². The van der Waals surface area contributed by atoms with Gasteiger partial charge in [0.25, 0.3) is 0 Å². The van der Waals surface area contributed by atoms with Gasteiger partial charge in [-0.15, -0.1) is 0 Å². The first-order chi connectivity index (χ1) is 12.9. The van der Waals surface area contributed by atoms with Crippen molar-refractivity contribution in [3.63, 3.8) is 0 Å². The lowest BCUT2D eigenvalue weighted by Crippen LogP contribution is -2.47. The number of amides is 2. The fourth-order valence-electron chi connectivity index (χ4n) is 2.63. The van der Waals surface area contributed by atoms with Gasteiger partial charge in [-0.1, -0.05) is 56.7 Å². The minimum Gasteiger partial charge on any atom is -0.445 e. The molecule has 0 saturated carbocycles. The van der Waals surface area contributed by atoms with Crippen LogP contribution in [0.1, 0.15) is 37.0 Å². The highest BCUT2D eigenvalue weighted by molar-refractivity contribution is 5.96. The zero-order chi connectivity index (χ0) is 19.8. The van der Waals surface area contributed by atoms with Gasteiger partial charge in [-0.2, -0.15) is 0 Å². The van der Waals surface area contributed by atoms with Crippen molar-refractivity contribution in [1.29, 1.82) is 0 Å². The van der Waals surface area contributed by atoms with Gasteiger partial charge in [0, 0.05) is 5.69 Å². The monoisotopic (exact) mass is 368 g/mol. The topological polar surface area (TPSA) is 67.4 Å². The number of alkyl carbamates (subject to hydrolysis) is 1. The Kier molecular flexibility index (Phi) is 7.41. The van der Waals surface area contributed by atoms with Gasteiger partial charge in [0.05, 0.1) is 0 Å². The van der Waals surface area contributed by atoms with E-state index in [1.807, 2.05) is 76.2 Å². The van der Waals surface area contributed by atoms with Crippen molar-refractivity contribution in [2.24, 2.45) is 5.92 Å². The Morgan fingerprint density at radius 3 is 2.37 bits per heavy atom. The van der Waals surface area contributed by atoms with Crippen LogP contribution in [0.4, 0.5) is 10.5 Å². The summed E-state index contributed by atoms with van der Waals surface area (Å²) in [6.45, 7) is 8.10. The van der Waals surface area contributed by atoms with E-state index >= 15 is 0 Å². The van der Waals surface area contributed by atoms with Crippen molar-refractivity contribution in [3.05, 3.63) is 65.2 Å². The van der Waals surface area contributed by atoms with Crippen LogP contribution in [-0.4, -0.2) is 18.0 Å². The molecule has 0 unspecified atom stereocenters. The molecular formula is C22H28N2O3. The lowest BCUT2D eigenvalue weighted by atomic mass is 9.98. The molecule has 2 atom stereocenters. The van der Waals surface area contributed by atoms with Gasteiger partial charge >= 0.3 is 6.09 Å². The fraction of sp³-hybridized carbons (Fsp3) is 0.364. The van der Waals surface area contributed by atoms with Crippen LogP contribution in [0, 0.1) is 19.8 Å². The lowest BCUT2D eigenvalue weighted by Gasteiger charge is -2.23. The first-order valence-corrected chi connectivity index (χ1v) is 9.26. The van der Waals surface area contributed by atoms with Crippen molar-refractivity contribution < 1.29 is 14.3 Å². The van der Waals surface area contributed by atoms with Crippen LogP contribution in [0.25, 0.3) is 0 Å². The van der Waals surface area contributed by atoms with Crippen LogP contribution in [0.5, 0.6) is 0 Å². The average molecular weight is 368 g/mol. The van der Waals surface area contributed by atoms with E-state index < -0.39 is 12.1 Å². The number of hydrogen-bond acceptors (Lipinski definition) is 3. The van der Waals surface area contributed by atoms with E-state index in [1.54, 1.807) is 0 Å². The Labute approximate surface area is 161 Å². The number of carbonyl (C=O) groups excluding carboxylic acids is 2. The Balaban J connectivity index is 1.99. The first kappa shape index (κ1) is 20.5. The van der Waals surface area contributed by atoms with E-state index in [2.05, 4.69) is 10.6 Å². The number of aryl methyl sites for hydroxylation is 2. The third kappa shape index (κ3) is 6.13. The maximum atomic E-state index is 12.7. The van der Waals surface area contributed by atoms with Crippen LogP contribution in [-0.2, 0) is 16.1 Å². The highest BCUT2D eigenvalue weighted by Crippen LogP contribution is 2.16. The van der Waals surface area contributed by atoms with Gasteiger partial charge in [0.2, 0.25) is 5.91 Å². The zero-order valence-corrected chi connectivity index (χ0v) is 16.4. The molecule has 0 aliphatic carbocycles. The minimum absolute atomic E-state index is 0.0270. The molecule has 0 aromatic heterocycles. The summed E-state index contributed by atoms with van der Waals surface area (Å²) in [6, 6.07) is 14.5. The smallest absolute Gasteiger partial charge is 0.408 e. The highest BCUT2D eigenvalue weighted by Gasteiger charge is 2.26. The van der Waals surface area contributed by atoms with Crippen LogP contribution in [0.2, 0.25) is 0 Å². The van der Waals surface area contributed by atoms with Gasteiger partial charge in [-0.25, -0.2) is 4.79 Å². The largest absolute Gasteiger partial charge is 0.445 e. The Hall–Kier alpha value is -2.82. The molecule has 0 heterocycles. The number of nitrogens with one attached hydrogen (secondary N) is 2. The molecule has 2 aromatic carbocycles. The molecule has 2 N–H and O–H groups in total. The molecule has 0 aliphatic heterocycles. The maximum absolute atomic E-state index is 12.7. The highest BCUT2D eigenvalue weighted by atomic mass is 16.5. The second-order valence-corrected chi connectivity index (χ2v) is 6.86. The molecule has 27 heavy (non-hydrogen) atoms. The van der Waals surface area contributed by atoms with Crippen LogP contribution in [0.15, 0.2) is 48.5 Å². The molecule has 144 valence electrons. The average Bonchev–Trinajstić information content (AvgIpc) is 2.67. The van der Waals surface area contributed by atoms with Crippen LogP contribution < -0.4 is 10.6 Å². The summed E-state index contributed by atoms with van der Waals surface area (Å²) < 4.78 is 5.26. The molecule has 2 aromatic rings. The maximum Gasteiger partial charge on any atom is 0.408 e. The Morgan fingerprint density at radius 1 is 1.04 bits per heavy atom. The summed E-state index contributed by atoms with van der Waals surface area (Å²) in [7, 11) is 0. The summed E-state index contributed by atoms with van der Waals surface area (Å²) in [5.41, 5.74) is 3.88. The normalized spacial score (nSPS) is 12.7. The van der Waals surface area contributed by atoms with E-state index in [4.69, 9.17) is 4.74 Å². The molecule has 0 fully saturated rings. The van der Waals surface area contributed by atoms with Crippen molar-refractivity contribution in [2.45, 2.75) is 46.8 Å². The fourth-order valence-corrected chi connectivity index (χ4v) is 2.63. The lowest BCUT2D eigenvalue weighted by molar-refractivity contribution is -0.119. The van der Waals surface area contributed by atoms with Crippen LogP contribution in [0.3, 0.4) is 0 Å². The molecule has 5 heteroatoms. The predicted octanol–water partition coefficient (Wildman–Crippen LogP) is 4.58. The minimum atomic E-state index is -0.667. The Morgan fingerprint density at radius 2 is 1.74 bits per heavy atom. The molecule has 0 radical (unpaired) electrons. The molecule has 0 spiro atoms. The van der Waals surface area contributed by atoms with Gasteiger partial charge in [0.1, 0.15) is 12.6 Å². The zero-order valence-electron chi connectivity index (χ0n) is 16.4. The molecule has 2 amide bonds. The van der Waals surface area contributed by atoms with Crippen molar-refractivity contribution in [1.82, 2.24) is 5.32 Å². The standard InChI is InChI=1S/C22H28N2O3/c1-5-15(2)20(21(25)23-19-12-11-16(3)17(4)13-19)24-22(26)27-14-18-9-7-6-8-10-18/h6-13,15,20H,5,14H2,1-4H3,(H,23,25)(H,24,26)/t15-,20+/m0/s1. The molecule has 2 rings (SSSR count). The van der Waals surface area contributed by atoms with Crippen molar-refractivity contribution in [3.8, 4) is 0 Å². The quantitative estimate of drug-likeness (QED) is 0.751. The van der Waals surface area contributed by atoms with Gasteiger partial charge in [-0.05, 0) is 48.6 Å². The molecule has 5 nitrogen and oxygen atoms in total. The molecular weight excluding hydrogens is 340 g/mol. The third-order valence-electron chi connectivity index (χ3n) is 4.76. The molecule has 0 bridgehead atoms. The number of hydrogen-bond donors (Lipinski definition) is 2.